The van der Waals surface area contributed by atoms with Gasteiger partial charge in [-0.2, -0.15) is 0 Å². The Morgan fingerprint density at radius 1 is 1.70 bits per heavy atom. The summed E-state index contributed by atoms with van der Waals surface area (Å²) < 4.78 is 0. The molecule has 0 saturated carbocycles. The number of aliphatic hydroxyl groups is 1. The summed E-state index contributed by atoms with van der Waals surface area (Å²) in [5.74, 6) is 0. The fourth-order valence-electron chi connectivity index (χ4n) is 1.10. The fourth-order valence-corrected chi connectivity index (χ4v) is 1.10. The van der Waals surface area contributed by atoms with Gasteiger partial charge < -0.3 is 10.4 Å². The molecule has 10 heavy (non-hydrogen) atoms. The monoisotopic (exact) mass is 146 g/mol. The van der Waals surface area contributed by atoms with E-state index >= 15 is 0 Å². The highest BCUT2D eigenvalue weighted by molar-refractivity contribution is 4.69. The highest BCUT2D eigenvalue weighted by Crippen LogP contribution is 1.97. The standard InChI is InChI=1S/C6H14N2O.CH4/c1-2-8-4-3-7-5-6(8)9;/h6-7,9H,2-5H2,1H3;1H4. The molecular formula is C7H18N2O. The Morgan fingerprint density at radius 3 is 2.80 bits per heavy atom. The van der Waals surface area contributed by atoms with E-state index in [0.717, 1.165) is 19.6 Å². The molecule has 0 aromatic carbocycles. The van der Waals surface area contributed by atoms with Crippen LogP contribution in [0.5, 0.6) is 0 Å². The molecular weight excluding hydrogens is 128 g/mol. The molecule has 62 valence electrons. The van der Waals surface area contributed by atoms with E-state index in [1.807, 2.05) is 0 Å². The largest absolute Gasteiger partial charge is 0.377 e. The van der Waals surface area contributed by atoms with Gasteiger partial charge in [0.25, 0.3) is 0 Å². The minimum Gasteiger partial charge on any atom is -0.377 e. The second kappa shape index (κ2) is 4.66. The molecule has 1 rings (SSSR count). The van der Waals surface area contributed by atoms with Crippen LogP contribution in [0, 0.1) is 0 Å². The van der Waals surface area contributed by atoms with E-state index in [2.05, 4.69) is 17.1 Å². The van der Waals surface area contributed by atoms with Crippen LogP contribution >= 0.6 is 0 Å². The predicted octanol–water partition coefficient (Wildman–Crippen LogP) is -0.134. The third-order valence-electron chi connectivity index (χ3n) is 1.73. The van der Waals surface area contributed by atoms with E-state index < -0.39 is 0 Å². The SMILES string of the molecule is C.CCN1CCNCC1O. The quantitative estimate of drug-likeness (QED) is 0.541. The number of nitrogens with zero attached hydrogens (tertiary/aromatic N) is 1. The van der Waals surface area contributed by atoms with Gasteiger partial charge in [-0.05, 0) is 6.54 Å². The van der Waals surface area contributed by atoms with Crippen LogP contribution in [0.3, 0.4) is 0 Å². The molecule has 1 unspecified atom stereocenters. The molecule has 1 atom stereocenters. The first kappa shape index (κ1) is 9.88. The van der Waals surface area contributed by atoms with Crippen LogP contribution < -0.4 is 5.32 Å². The topological polar surface area (TPSA) is 35.5 Å². The summed E-state index contributed by atoms with van der Waals surface area (Å²) >= 11 is 0. The van der Waals surface area contributed by atoms with Crippen molar-refractivity contribution in [1.82, 2.24) is 10.2 Å². The fraction of sp³-hybridized carbons (Fsp3) is 1.00. The van der Waals surface area contributed by atoms with Crippen LogP contribution in [-0.4, -0.2) is 42.4 Å². The molecule has 0 aliphatic carbocycles. The van der Waals surface area contributed by atoms with E-state index in [9.17, 15) is 5.11 Å². The smallest absolute Gasteiger partial charge is 0.120 e. The van der Waals surface area contributed by atoms with E-state index in [1.165, 1.54) is 0 Å². The first-order valence-corrected chi connectivity index (χ1v) is 3.47. The molecule has 1 aliphatic heterocycles. The van der Waals surface area contributed by atoms with Crippen LogP contribution in [0.25, 0.3) is 0 Å². The van der Waals surface area contributed by atoms with Crippen molar-refractivity contribution in [1.29, 1.82) is 0 Å². The number of aliphatic hydroxyl groups excluding tert-OH is 1. The molecule has 0 aromatic rings. The zero-order chi connectivity index (χ0) is 6.69. The third-order valence-corrected chi connectivity index (χ3v) is 1.73. The maximum Gasteiger partial charge on any atom is 0.120 e. The highest BCUT2D eigenvalue weighted by atomic mass is 16.3. The van der Waals surface area contributed by atoms with Crippen molar-refractivity contribution in [2.45, 2.75) is 20.6 Å². The number of β-amino-alcohol motifs (C(OH)–C–C–N with tert-alkyl or cyclic N) is 1. The van der Waals surface area contributed by atoms with E-state index in [0.29, 0.717) is 6.54 Å². The molecule has 0 radical (unpaired) electrons. The summed E-state index contributed by atoms with van der Waals surface area (Å²) in [7, 11) is 0. The van der Waals surface area contributed by atoms with Gasteiger partial charge in [0.15, 0.2) is 0 Å². The summed E-state index contributed by atoms with van der Waals surface area (Å²) in [6, 6.07) is 0. The van der Waals surface area contributed by atoms with E-state index in [4.69, 9.17) is 0 Å². The number of hydrogen-bond acceptors (Lipinski definition) is 3. The van der Waals surface area contributed by atoms with Gasteiger partial charge in [0.2, 0.25) is 0 Å². The Bertz CT molecular complexity index is 87.7. The normalized spacial score (nSPS) is 27.6. The highest BCUT2D eigenvalue weighted by Gasteiger charge is 2.16. The van der Waals surface area contributed by atoms with Crippen LogP contribution in [-0.2, 0) is 0 Å². The van der Waals surface area contributed by atoms with E-state index in [1.54, 1.807) is 0 Å². The second-order valence-electron chi connectivity index (χ2n) is 2.31. The Kier molecular flexibility index (Phi) is 4.60. The molecule has 0 bridgehead atoms. The van der Waals surface area contributed by atoms with Gasteiger partial charge >= 0.3 is 0 Å². The molecule has 1 aliphatic rings. The van der Waals surface area contributed by atoms with Crippen molar-refractivity contribution in [2.75, 3.05) is 26.2 Å². The Labute approximate surface area is 63.0 Å². The summed E-state index contributed by atoms with van der Waals surface area (Å²) in [5.41, 5.74) is 0. The van der Waals surface area contributed by atoms with Gasteiger partial charge in [-0.3, -0.25) is 4.90 Å². The van der Waals surface area contributed by atoms with Gasteiger partial charge in [0.1, 0.15) is 6.23 Å². The number of piperazine rings is 1. The van der Waals surface area contributed by atoms with Crippen molar-refractivity contribution in [2.24, 2.45) is 0 Å². The zero-order valence-electron chi connectivity index (χ0n) is 5.80. The van der Waals surface area contributed by atoms with Crippen LogP contribution in [0.15, 0.2) is 0 Å². The summed E-state index contributed by atoms with van der Waals surface area (Å²) in [4.78, 5) is 2.05. The average Bonchev–Trinajstić information content (AvgIpc) is 1.89. The lowest BCUT2D eigenvalue weighted by molar-refractivity contribution is -0.00885. The lowest BCUT2D eigenvalue weighted by Crippen LogP contribution is -2.50. The number of nitrogens with one attached hydrogen (secondary N) is 1. The molecule has 0 amide bonds. The van der Waals surface area contributed by atoms with Crippen LogP contribution in [0.1, 0.15) is 14.4 Å². The minimum absolute atomic E-state index is 0. The Morgan fingerprint density at radius 2 is 2.40 bits per heavy atom. The van der Waals surface area contributed by atoms with Gasteiger partial charge in [-0.25, -0.2) is 0 Å². The molecule has 2 N–H and O–H groups in total. The summed E-state index contributed by atoms with van der Waals surface area (Å²) in [5, 5.41) is 12.3. The van der Waals surface area contributed by atoms with Gasteiger partial charge in [0.05, 0.1) is 0 Å². The van der Waals surface area contributed by atoms with Gasteiger partial charge in [0, 0.05) is 19.6 Å². The number of hydrogen-bond donors (Lipinski definition) is 2. The lowest BCUT2D eigenvalue weighted by Gasteiger charge is -2.31. The Hall–Kier alpha value is -0.120. The average molecular weight is 146 g/mol. The number of likely N-dealkylation sites (N-methyl/N-ethyl adjacent to an activating group) is 1. The predicted molar refractivity (Wildman–Crippen MR) is 42.9 cm³/mol. The maximum absolute atomic E-state index is 9.23. The molecule has 1 saturated heterocycles. The first-order valence-electron chi connectivity index (χ1n) is 3.47. The molecule has 0 aromatic heterocycles. The lowest BCUT2D eigenvalue weighted by atomic mass is 10.3. The first-order chi connectivity index (χ1) is 4.34. The third kappa shape index (κ3) is 2.25. The van der Waals surface area contributed by atoms with Crippen molar-refractivity contribution in [3.8, 4) is 0 Å². The van der Waals surface area contributed by atoms with Gasteiger partial charge in [-0.15, -0.1) is 0 Å². The molecule has 1 fully saturated rings. The molecule has 0 spiro atoms. The van der Waals surface area contributed by atoms with E-state index in [-0.39, 0.29) is 13.7 Å². The summed E-state index contributed by atoms with van der Waals surface area (Å²) in [6.07, 6.45) is -0.260. The minimum atomic E-state index is -0.260. The van der Waals surface area contributed by atoms with Crippen LogP contribution in [0.2, 0.25) is 0 Å². The number of rotatable bonds is 1. The molecule has 3 nitrogen and oxygen atoms in total. The summed E-state index contributed by atoms with van der Waals surface area (Å²) in [6.45, 7) is 5.70. The Balaban J connectivity index is 0.000000810. The second-order valence-corrected chi connectivity index (χ2v) is 2.31. The van der Waals surface area contributed by atoms with Crippen molar-refractivity contribution >= 4 is 0 Å². The molecule has 1 heterocycles. The van der Waals surface area contributed by atoms with Crippen molar-refractivity contribution in [3.05, 3.63) is 0 Å². The molecule has 3 heteroatoms. The zero-order valence-corrected chi connectivity index (χ0v) is 5.80. The van der Waals surface area contributed by atoms with Crippen LogP contribution in [0.4, 0.5) is 0 Å². The maximum atomic E-state index is 9.23. The van der Waals surface area contributed by atoms with Gasteiger partial charge in [-0.1, -0.05) is 14.4 Å². The van der Waals surface area contributed by atoms with Crippen molar-refractivity contribution in [3.63, 3.8) is 0 Å². The van der Waals surface area contributed by atoms with Crippen molar-refractivity contribution < 1.29 is 5.11 Å².